The molecule has 0 unspecified atom stereocenters. The van der Waals surface area contributed by atoms with Gasteiger partial charge < -0.3 is 29.0 Å². The largest absolute Gasteiger partial charge is 0.497 e. The number of aliphatic hydroxyl groups is 1. The lowest BCUT2D eigenvalue weighted by molar-refractivity contribution is -0.0177. The van der Waals surface area contributed by atoms with Gasteiger partial charge in [-0.25, -0.2) is 8.42 Å². The molecule has 12 heteroatoms. The second-order valence-corrected chi connectivity index (χ2v) is 14.5. The van der Waals surface area contributed by atoms with Crippen LogP contribution in [-0.4, -0.2) is 95.1 Å². The van der Waals surface area contributed by atoms with Gasteiger partial charge in [0.1, 0.15) is 17.2 Å². The molecular formula is C37H51N3O8S. The van der Waals surface area contributed by atoms with Crippen LogP contribution in [0.5, 0.6) is 17.2 Å². The van der Waals surface area contributed by atoms with Crippen molar-refractivity contribution in [2.75, 3.05) is 52.3 Å². The van der Waals surface area contributed by atoms with Crippen molar-refractivity contribution < 1.29 is 37.3 Å². The van der Waals surface area contributed by atoms with Crippen molar-refractivity contribution >= 4 is 21.6 Å². The van der Waals surface area contributed by atoms with Gasteiger partial charge in [0.15, 0.2) is 0 Å². The number of anilines is 1. The Morgan fingerprint density at radius 1 is 1.00 bits per heavy atom. The molecule has 11 nitrogen and oxygen atoms in total. The molecule has 1 heterocycles. The third kappa shape index (κ3) is 10.6. The minimum Gasteiger partial charge on any atom is -0.497 e. The highest BCUT2D eigenvalue weighted by Crippen LogP contribution is 2.30. The molecule has 4 rings (SSSR count). The van der Waals surface area contributed by atoms with Gasteiger partial charge in [0, 0.05) is 37.8 Å². The zero-order valence-corrected chi connectivity index (χ0v) is 30.2. The molecule has 1 aliphatic heterocycles. The molecule has 0 saturated carbocycles. The van der Waals surface area contributed by atoms with Crippen LogP contribution >= 0.6 is 0 Å². The predicted octanol–water partition coefficient (Wildman–Crippen LogP) is 5.43. The predicted molar refractivity (Wildman–Crippen MR) is 190 cm³/mol. The second-order valence-electron chi connectivity index (χ2n) is 12.8. The van der Waals surface area contributed by atoms with Crippen LogP contribution in [0.1, 0.15) is 56.0 Å². The normalized spacial score (nSPS) is 20.1. The molecular weight excluding hydrogens is 646 g/mol. The Bertz CT molecular complexity index is 1600. The Morgan fingerprint density at radius 2 is 1.65 bits per heavy atom. The van der Waals surface area contributed by atoms with E-state index in [4.69, 9.17) is 18.9 Å². The number of ether oxygens (including phenoxy) is 4. The quantitative estimate of drug-likeness (QED) is 0.270. The number of likely N-dealkylation sites (N-methyl/N-ethyl adjacent to an activating group) is 1. The maximum Gasteiger partial charge on any atom is 0.261 e. The van der Waals surface area contributed by atoms with Crippen LogP contribution in [0.25, 0.3) is 0 Å². The number of nitrogens with zero attached hydrogens (tertiary/aromatic N) is 2. The molecule has 1 amide bonds. The fourth-order valence-electron chi connectivity index (χ4n) is 5.83. The number of fused-ring (bicyclic) bond motifs is 1. The number of amides is 1. The van der Waals surface area contributed by atoms with Crippen LogP contribution in [0.2, 0.25) is 0 Å². The molecule has 2 N–H and O–H groups in total. The summed E-state index contributed by atoms with van der Waals surface area (Å²) in [7, 11) is 1.24. The molecule has 0 fully saturated rings. The molecule has 0 saturated heterocycles. The van der Waals surface area contributed by atoms with E-state index in [1.54, 1.807) is 43.2 Å². The number of sulfonamides is 1. The Hall–Kier alpha value is -3.84. The van der Waals surface area contributed by atoms with E-state index in [0.717, 1.165) is 30.6 Å². The van der Waals surface area contributed by atoms with Crippen molar-refractivity contribution in [3.8, 4) is 17.2 Å². The van der Waals surface area contributed by atoms with E-state index in [9.17, 15) is 18.3 Å². The third-order valence-electron chi connectivity index (χ3n) is 8.78. The SMILES string of the molecule is COc1ccc(CN(C)C[C@@H]2OCCCC[C@@H](C)Oc3ccc(NS(=O)(=O)c4ccc(OC)cc4)cc3C(=O)N([C@@H](C)CO)C[C@H]2C)cc1. The van der Waals surface area contributed by atoms with Crippen LogP contribution in [0, 0.1) is 5.92 Å². The van der Waals surface area contributed by atoms with Crippen LogP contribution in [-0.2, 0) is 21.3 Å². The molecule has 1 aliphatic rings. The van der Waals surface area contributed by atoms with E-state index in [1.807, 2.05) is 31.2 Å². The zero-order valence-electron chi connectivity index (χ0n) is 29.4. The number of benzene rings is 3. The van der Waals surface area contributed by atoms with Gasteiger partial charge in [-0.05, 0) is 100 Å². The van der Waals surface area contributed by atoms with E-state index in [-0.39, 0.29) is 46.8 Å². The summed E-state index contributed by atoms with van der Waals surface area (Å²) in [6, 6.07) is 18.2. The molecule has 3 aromatic rings. The molecule has 0 bridgehead atoms. The lowest BCUT2D eigenvalue weighted by atomic mass is 10.0. The van der Waals surface area contributed by atoms with Crippen molar-refractivity contribution in [3.05, 3.63) is 77.9 Å². The smallest absolute Gasteiger partial charge is 0.261 e. The van der Waals surface area contributed by atoms with E-state index in [0.29, 0.717) is 37.7 Å². The number of hydrogen-bond donors (Lipinski definition) is 2. The lowest BCUT2D eigenvalue weighted by Crippen LogP contribution is -2.47. The molecule has 0 radical (unpaired) electrons. The first-order valence-corrected chi connectivity index (χ1v) is 18.2. The summed E-state index contributed by atoms with van der Waals surface area (Å²) in [5.74, 6) is 1.23. The Kier molecular flexibility index (Phi) is 13.7. The number of aliphatic hydroxyl groups excluding tert-OH is 1. The van der Waals surface area contributed by atoms with Crippen molar-refractivity contribution in [1.82, 2.24) is 9.80 Å². The van der Waals surface area contributed by atoms with Gasteiger partial charge in [0.05, 0.1) is 49.5 Å². The highest BCUT2D eigenvalue weighted by molar-refractivity contribution is 7.92. The first-order chi connectivity index (χ1) is 23.4. The van der Waals surface area contributed by atoms with Crippen molar-refractivity contribution in [3.63, 3.8) is 0 Å². The van der Waals surface area contributed by atoms with Gasteiger partial charge in [0.2, 0.25) is 0 Å². The first-order valence-electron chi connectivity index (χ1n) is 16.8. The van der Waals surface area contributed by atoms with Crippen LogP contribution in [0.4, 0.5) is 5.69 Å². The number of nitrogens with one attached hydrogen (secondary N) is 1. The first kappa shape index (κ1) is 38.0. The number of methoxy groups -OCH3 is 2. The average Bonchev–Trinajstić information content (AvgIpc) is 3.09. The zero-order chi connectivity index (χ0) is 35.6. The molecule has 0 spiro atoms. The number of carbonyl (C=O) groups is 1. The van der Waals surface area contributed by atoms with Crippen LogP contribution in [0.15, 0.2) is 71.6 Å². The summed E-state index contributed by atoms with van der Waals surface area (Å²) in [5, 5.41) is 10.3. The molecule has 3 aromatic carbocycles. The standard InChI is InChI=1S/C37H51N3O8S/c1-26-22-40(27(2)25-41)37(42)34-21-30(38-49(43,44)33-17-15-32(46-6)16-18-33)12-19-35(34)48-28(3)9-7-8-20-47-36(26)24-39(4)23-29-10-13-31(45-5)14-11-29/h10-19,21,26-28,36,38,41H,7-9,20,22-25H2,1-6H3/t26-,27+,28-,36+/m1/s1. The highest BCUT2D eigenvalue weighted by Gasteiger charge is 2.31. The van der Waals surface area contributed by atoms with Crippen molar-refractivity contribution in [2.45, 2.75) is 69.7 Å². The monoisotopic (exact) mass is 697 g/mol. The maximum atomic E-state index is 14.4. The highest BCUT2D eigenvalue weighted by atomic mass is 32.2. The summed E-state index contributed by atoms with van der Waals surface area (Å²) in [6.45, 7) is 7.78. The fraction of sp³-hybridized carbons (Fsp3) is 0.486. The van der Waals surface area contributed by atoms with Crippen LogP contribution < -0.4 is 18.9 Å². The maximum absolute atomic E-state index is 14.4. The van der Waals surface area contributed by atoms with E-state index >= 15 is 0 Å². The molecule has 0 aliphatic carbocycles. The lowest BCUT2D eigenvalue weighted by Gasteiger charge is -2.36. The third-order valence-corrected chi connectivity index (χ3v) is 10.2. The number of carbonyl (C=O) groups excluding carboxylic acids is 1. The van der Waals surface area contributed by atoms with E-state index < -0.39 is 16.1 Å². The molecule has 268 valence electrons. The van der Waals surface area contributed by atoms with Gasteiger partial charge in [-0.15, -0.1) is 0 Å². The van der Waals surface area contributed by atoms with Gasteiger partial charge >= 0.3 is 0 Å². The summed E-state index contributed by atoms with van der Waals surface area (Å²) in [5.41, 5.74) is 1.57. The summed E-state index contributed by atoms with van der Waals surface area (Å²) < 4.78 is 52.4. The fourth-order valence-corrected chi connectivity index (χ4v) is 6.88. The van der Waals surface area contributed by atoms with Gasteiger partial charge in [-0.1, -0.05) is 19.1 Å². The molecule has 4 atom stereocenters. The molecule has 0 aromatic heterocycles. The Balaban J connectivity index is 1.62. The summed E-state index contributed by atoms with van der Waals surface area (Å²) in [4.78, 5) is 18.3. The van der Waals surface area contributed by atoms with Gasteiger partial charge in [-0.3, -0.25) is 14.4 Å². The van der Waals surface area contributed by atoms with Crippen molar-refractivity contribution in [2.24, 2.45) is 5.92 Å². The topological polar surface area (TPSA) is 127 Å². The number of hydrogen-bond acceptors (Lipinski definition) is 9. The average molecular weight is 698 g/mol. The van der Waals surface area contributed by atoms with Crippen molar-refractivity contribution in [1.29, 1.82) is 0 Å². The summed E-state index contributed by atoms with van der Waals surface area (Å²) in [6.07, 6.45) is 2.08. The minimum atomic E-state index is -3.97. The minimum absolute atomic E-state index is 0.0527. The van der Waals surface area contributed by atoms with Gasteiger partial charge in [0.25, 0.3) is 15.9 Å². The molecule has 49 heavy (non-hydrogen) atoms. The number of rotatable bonds is 11. The summed E-state index contributed by atoms with van der Waals surface area (Å²) >= 11 is 0. The Morgan fingerprint density at radius 3 is 2.29 bits per heavy atom. The van der Waals surface area contributed by atoms with E-state index in [2.05, 4.69) is 23.6 Å². The van der Waals surface area contributed by atoms with Gasteiger partial charge in [-0.2, -0.15) is 0 Å². The van der Waals surface area contributed by atoms with E-state index in [1.165, 1.54) is 25.3 Å². The van der Waals surface area contributed by atoms with Crippen LogP contribution in [0.3, 0.4) is 0 Å². The Labute approximate surface area is 291 Å². The second kappa shape index (κ2) is 17.7.